The minimum Gasteiger partial charge on any atom is -0.461 e. The molecule has 0 aromatic carbocycles. The molecule has 0 saturated carbocycles. The van der Waals surface area contributed by atoms with Gasteiger partial charge < -0.3 is 20.1 Å². The van der Waals surface area contributed by atoms with Gasteiger partial charge in [0.1, 0.15) is 12.2 Å². The summed E-state index contributed by atoms with van der Waals surface area (Å²) in [5.41, 5.74) is 0. The maximum Gasteiger partial charge on any atom is 0.306 e. The molecule has 0 aliphatic carbocycles. The average Bonchev–Trinajstić information content (AvgIpc) is 2.76. The number of carbonyl (C=O) groups excluding carboxylic acids is 2. The Hall–Kier alpha value is -1.14. The van der Waals surface area contributed by atoms with Crippen molar-refractivity contribution in [3.8, 4) is 0 Å². The van der Waals surface area contributed by atoms with Crippen molar-refractivity contribution in [3.05, 3.63) is 0 Å². The van der Waals surface area contributed by atoms with Crippen LogP contribution in [0.5, 0.6) is 0 Å². The first kappa shape index (κ1) is 25.5. The minimum absolute atomic E-state index is 0.00405. The van der Waals surface area contributed by atoms with Crippen molar-refractivity contribution < 1.29 is 19.1 Å². The van der Waals surface area contributed by atoms with Crippen LogP contribution in [0, 0.1) is 0 Å². The molecule has 0 aromatic heterocycles. The Morgan fingerprint density at radius 1 is 0.562 bits per heavy atom. The highest BCUT2D eigenvalue weighted by Crippen LogP contribution is 2.23. The van der Waals surface area contributed by atoms with Crippen molar-refractivity contribution in [2.75, 3.05) is 0 Å². The molecule has 6 heterocycles. The zero-order valence-corrected chi connectivity index (χ0v) is 20.4. The van der Waals surface area contributed by atoms with E-state index in [2.05, 4.69) is 24.5 Å². The number of nitrogens with one attached hydrogen (secondary N) is 2. The lowest BCUT2D eigenvalue weighted by Crippen LogP contribution is -2.50. The third-order valence-electron chi connectivity index (χ3n) is 7.64. The molecule has 6 heteroatoms. The Labute approximate surface area is 194 Å². The van der Waals surface area contributed by atoms with Crippen LogP contribution >= 0.6 is 0 Å². The van der Waals surface area contributed by atoms with Crippen LogP contribution in [0.3, 0.4) is 0 Å². The second-order valence-corrected chi connectivity index (χ2v) is 10.4. The lowest BCUT2D eigenvalue weighted by molar-refractivity contribution is -0.153. The first-order valence-corrected chi connectivity index (χ1v) is 13.4. The second-order valence-electron chi connectivity index (χ2n) is 10.4. The minimum atomic E-state index is -0.0365. The van der Waals surface area contributed by atoms with Crippen LogP contribution in [-0.2, 0) is 19.1 Å². The fraction of sp³-hybridized carbons (Fsp3) is 0.923. The van der Waals surface area contributed by atoms with E-state index in [0.29, 0.717) is 24.9 Å². The molecule has 6 aliphatic rings. The Kier molecular flexibility index (Phi) is 10.8. The highest BCUT2D eigenvalue weighted by atomic mass is 16.5. The Morgan fingerprint density at radius 3 is 1.44 bits per heavy atom. The highest BCUT2D eigenvalue weighted by Gasteiger charge is 2.30. The van der Waals surface area contributed by atoms with Gasteiger partial charge >= 0.3 is 11.9 Å². The molecule has 4 bridgehead atoms. The Morgan fingerprint density at radius 2 is 0.969 bits per heavy atom. The highest BCUT2D eigenvalue weighted by molar-refractivity contribution is 5.69. The second kappa shape index (κ2) is 13.5. The molecule has 0 radical (unpaired) electrons. The molecule has 6 fully saturated rings. The van der Waals surface area contributed by atoms with Gasteiger partial charge in [-0.25, -0.2) is 0 Å². The first-order valence-electron chi connectivity index (χ1n) is 13.4. The number of carbonyl (C=O) groups is 2. The normalized spacial score (nSPS) is 37.3. The molecule has 0 unspecified atom stereocenters. The summed E-state index contributed by atoms with van der Waals surface area (Å²) < 4.78 is 11.6. The number of esters is 2. The van der Waals surface area contributed by atoms with Crippen LogP contribution in [-0.4, -0.2) is 48.3 Å². The molecule has 6 aliphatic heterocycles. The van der Waals surface area contributed by atoms with Crippen LogP contribution in [0.4, 0.5) is 0 Å². The zero-order valence-electron chi connectivity index (χ0n) is 20.4. The molecule has 6 rings (SSSR count). The van der Waals surface area contributed by atoms with E-state index in [9.17, 15) is 9.59 Å². The van der Waals surface area contributed by atoms with E-state index < -0.39 is 0 Å². The summed E-state index contributed by atoms with van der Waals surface area (Å²) in [7, 11) is 0. The summed E-state index contributed by atoms with van der Waals surface area (Å²) in [6, 6.07) is 1.47. The largest absolute Gasteiger partial charge is 0.461 e. The Balaban J connectivity index is 1.47. The van der Waals surface area contributed by atoms with E-state index in [0.717, 1.165) is 64.2 Å². The van der Waals surface area contributed by atoms with E-state index in [1.807, 2.05) is 0 Å². The molecule has 2 N–H and O–H groups in total. The van der Waals surface area contributed by atoms with Crippen molar-refractivity contribution in [1.29, 1.82) is 0 Å². The molecular weight excluding hydrogens is 404 g/mol. The third-order valence-corrected chi connectivity index (χ3v) is 7.64. The van der Waals surface area contributed by atoms with Gasteiger partial charge in [0.05, 0.1) is 0 Å². The molecular formula is C26H46N2O4. The molecule has 6 atom stereocenters. The summed E-state index contributed by atoms with van der Waals surface area (Å²) >= 11 is 0. The van der Waals surface area contributed by atoms with Crippen molar-refractivity contribution in [3.63, 3.8) is 0 Å². The molecule has 0 amide bonds. The van der Waals surface area contributed by atoms with Gasteiger partial charge in [-0.15, -0.1) is 0 Å². The number of ether oxygens (including phenoxy) is 2. The molecule has 6 nitrogen and oxygen atoms in total. The predicted octanol–water partition coefficient (Wildman–Crippen LogP) is 4.79. The molecule has 32 heavy (non-hydrogen) atoms. The van der Waals surface area contributed by atoms with E-state index in [-0.39, 0.29) is 36.2 Å². The van der Waals surface area contributed by atoms with Crippen LogP contribution in [0.15, 0.2) is 0 Å². The van der Waals surface area contributed by atoms with Gasteiger partial charge in [0.25, 0.3) is 0 Å². The monoisotopic (exact) mass is 450 g/mol. The fourth-order valence-corrected chi connectivity index (χ4v) is 5.62. The van der Waals surface area contributed by atoms with E-state index >= 15 is 0 Å². The van der Waals surface area contributed by atoms with Crippen LogP contribution < -0.4 is 10.6 Å². The summed E-state index contributed by atoms with van der Waals surface area (Å²) in [5, 5.41) is 7.31. The van der Waals surface area contributed by atoms with Gasteiger partial charge in [0, 0.05) is 37.0 Å². The van der Waals surface area contributed by atoms with Gasteiger partial charge in [-0.05, 0) is 65.2 Å². The van der Waals surface area contributed by atoms with Gasteiger partial charge in [0.15, 0.2) is 0 Å². The molecule has 0 aromatic rings. The van der Waals surface area contributed by atoms with Gasteiger partial charge in [0.2, 0.25) is 0 Å². The van der Waals surface area contributed by atoms with E-state index in [1.54, 1.807) is 0 Å². The van der Waals surface area contributed by atoms with Crippen molar-refractivity contribution in [1.82, 2.24) is 10.6 Å². The summed E-state index contributed by atoms with van der Waals surface area (Å²) in [6.45, 7) is 4.28. The van der Waals surface area contributed by atoms with E-state index in [4.69, 9.17) is 9.47 Å². The predicted molar refractivity (Wildman–Crippen MR) is 126 cm³/mol. The SMILES string of the molecule is C[C@@H]1N[C@@H]2CCCCCCCC(=O)O[C@H]3CC[C@@H](CCCCCC(=O)O[C@H]1CC2)N[C@H]3C. The smallest absolute Gasteiger partial charge is 0.306 e. The lowest BCUT2D eigenvalue weighted by Gasteiger charge is -2.35. The van der Waals surface area contributed by atoms with Crippen LogP contribution in [0.25, 0.3) is 0 Å². The number of piperidine rings is 2. The zero-order chi connectivity index (χ0) is 22.8. The van der Waals surface area contributed by atoms with E-state index in [1.165, 1.54) is 25.7 Å². The number of rotatable bonds is 0. The quantitative estimate of drug-likeness (QED) is 0.517. The maximum absolute atomic E-state index is 12.3. The van der Waals surface area contributed by atoms with Crippen molar-refractivity contribution in [2.45, 2.75) is 153 Å². The van der Waals surface area contributed by atoms with Crippen molar-refractivity contribution in [2.24, 2.45) is 0 Å². The third kappa shape index (κ3) is 8.66. The number of hydrogen-bond donors (Lipinski definition) is 2. The van der Waals surface area contributed by atoms with Crippen LogP contribution in [0.2, 0.25) is 0 Å². The fourth-order valence-electron chi connectivity index (χ4n) is 5.62. The van der Waals surface area contributed by atoms with Crippen molar-refractivity contribution >= 4 is 11.9 Å². The lowest BCUT2D eigenvalue weighted by atomic mass is 9.92. The molecule has 0 spiro atoms. The molecule has 184 valence electrons. The first-order chi connectivity index (χ1) is 15.5. The van der Waals surface area contributed by atoms with Gasteiger partial charge in [-0.3, -0.25) is 9.59 Å². The van der Waals surface area contributed by atoms with Gasteiger partial charge in [-0.1, -0.05) is 38.5 Å². The summed E-state index contributed by atoms with van der Waals surface area (Å²) in [5.74, 6) is -0.0657. The summed E-state index contributed by atoms with van der Waals surface area (Å²) in [4.78, 5) is 24.6. The molecule has 6 saturated heterocycles. The standard InChI is InChI=1S/C26H46N2O4/c1-19-24-17-15-21(27-19)11-7-4-3-5-9-13-25(29)31-23-18-16-22(28-20(23)2)12-8-6-10-14-26(30)32-24/h19-24,27-28H,3-18H2,1-2H3/t19-,20-,21+,22+,23-,24-/m0/s1. The average molecular weight is 451 g/mol. The topological polar surface area (TPSA) is 76.7 Å². The number of hydrogen-bond acceptors (Lipinski definition) is 6. The van der Waals surface area contributed by atoms with Crippen LogP contribution in [0.1, 0.15) is 117 Å². The van der Waals surface area contributed by atoms with Gasteiger partial charge in [-0.2, -0.15) is 0 Å². The summed E-state index contributed by atoms with van der Waals surface area (Å²) in [6.07, 6.45) is 16.2. The maximum atomic E-state index is 12.3. The Bertz CT molecular complexity index is 584.